The van der Waals surface area contributed by atoms with Crippen molar-refractivity contribution in [3.8, 4) is 5.88 Å². The zero-order valence-corrected chi connectivity index (χ0v) is 20.5. The molecule has 0 saturated heterocycles. The van der Waals surface area contributed by atoms with Gasteiger partial charge < -0.3 is 4.74 Å². The quantitative estimate of drug-likeness (QED) is 0.210. The lowest BCUT2D eigenvalue weighted by atomic mass is 10.0. The van der Waals surface area contributed by atoms with Gasteiger partial charge in [0.1, 0.15) is 0 Å². The summed E-state index contributed by atoms with van der Waals surface area (Å²) in [6.07, 6.45) is 24.8. The molecular weight excluding hydrogens is 396 g/mol. The summed E-state index contributed by atoms with van der Waals surface area (Å²) in [4.78, 5) is 11.8. The number of nitrogens with one attached hydrogen (secondary N) is 1. The van der Waals surface area contributed by atoms with Crippen LogP contribution in [0.2, 0.25) is 0 Å². The number of fused-ring (bicyclic) bond motifs is 1. The predicted octanol–water partition coefficient (Wildman–Crippen LogP) is 8.34. The molecule has 1 N–H and O–H groups in total. The van der Waals surface area contributed by atoms with Gasteiger partial charge in [0, 0.05) is 0 Å². The van der Waals surface area contributed by atoms with E-state index in [-0.39, 0.29) is 5.56 Å². The van der Waals surface area contributed by atoms with E-state index in [1.807, 2.05) is 18.2 Å². The summed E-state index contributed by atoms with van der Waals surface area (Å²) in [5, 5.41) is 8.01. The largest absolute Gasteiger partial charge is 0.476 e. The SMILES string of the molecule is CCCCCCCCCCCCCCCCCCCCOc1n[nH]c(=O)c2ccccc12. The van der Waals surface area contributed by atoms with Gasteiger partial charge in [-0.3, -0.25) is 4.79 Å². The Kier molecular flexibility index (Phi) is 14.6. The molecule has 0 fully saturated rings. The van der Waals surface area contributed by atoms with Crippen molar-refractivity contribution in [2.45, 2.75) is 122 Å². The fraction of sp³-hybridized carbons (Fsp3) is 0.714. The number of unbranched alkanes of at least 4 members (excludes halogenated alkanes) is 17. The second-order valence-corrected chi connectivity index (χ2v) is 9.26. The molecule has 0 aliphatic rings. The Labute approximate surface area is 195 Å². The van der Waals surface area contributed by atoms with Crippen LogP contribution in [0.15, 0.2) is 29.1 Å². The minimum Gasteiger partial charge on any atom is -0.476 e. The Bertz CT molecular complexity index is 771. The highest BCUT2D eigenvalue weighted by Gasteiger charge is 2.06. The van der Waals surface area contributed by atoms with Gasteiger partial charge in [-0.2, -0.15) is 0 Å². The number of nitrogens with zero attached hydrogens (tertiary/aromatic N) is 1. The molecule has 4 nitrogen and oxygen atoms in total. The van der Waals surface area contributed by atoms with Gasteiger partial charge in [-0.25, -0.2) is 5.10 Å². The first kappa shape index (κ1) is 26.4. The fourth-order valence-electron chi connectivity index (χ4n) is 4.37. The molecule has 0 atom stereocenters. The molecule has 2 rings (SSSR count). The summed E-state index contributed by atoms with van der Waals surface area (Å²) in [7, 11) is 0. The summed E-state index contributed by atoms with van der Waals surface area (Å²) in [5.41, 5.74) is -0.166. The fourth-order valence-corrected chi connectivity index (χ4v) is 4.37. The predicted molar refractivity (Wildman–Crippen MR) is 137 cm³/mol. The molecule has 32 heavy (non-hydrogen) atoms. The molecular formula is C28H46N2O2. The molecule has 1 heterocycles. The maximum Gasteiger partial charge on any atom is 0.272 e. The number of hydrogen-bond acceptors (Lipinski definition) is 3. The average Bonchev–Trinajstić information content (AvgIpc) is 2.82. The zero-order valence-electron chi connectivity index (χ0n) is 20.5. The summed E-state index contributed by atoms with van der Waals surface area (Å²) >= 11 is 0. The van der Waals surface area contributed by atoms with Gasteiger partial charge in [0.05, 0.1) is 17.4 Å². The molecule has 0 saturated carbocycles. The topological polar surface area (TPSA) is 55.0 Å². The first-order valence-electron chi connectivity index (χ1n) is 13.4. The van der Waals surface area contributed by atoms with Crippen molar-refractivity contribution in [2.24, 2.45) is 0 Å². The lowest BCUT2D eigenvalue weighted by Gasteiger charge is -2.07. The minimum atomic E-state index is -0.166. The van der Waals surface area contributed by atoms with Gasteiger partial charge in [0.2, 0.25) is 5.88 Å². The Morgan fingerprint density at radius 3 is 1.59 bits per heavy atom. The summed E-state index contributed by atoms with van der Waals surface area (Å²) < 4.78 is 5.82. The van der Waals surface area contributed by atoms with Crippen LogP contribution in [0, 0.1) is 0 Å². The second kappa shape index (κ2) is 17.7. The average molecular weight is 443 g/mol. The zero-order chi connectivity index (χ0) is 22.7. The smallest absolute Gasteiger partial charge is 0.272 e. The van der Waals surface area contributed by atoms with E-state index >= 15 is 0 Å². The van der Waals surface area contributed by atoms with Gasteiger partial charge in [-0.1, -0.05) is 128 Å². The minimum absolute atomic E-state index is 0.166. The van der Waals surface area contributed by atoms with E-state index < -0.39 is 0 Å². The maximum absolute atomic E-state index is 11.8. The van der Waals surface area contributed by atoms with E-state index in [0.717, 1.165) is 11.8 Å². The Morgan fingerprint density at radius 1 is 0.656 bits per heavy atom. The third-order valence-corrected chi connectivity index (χ3v) is 6.40. The van der Waals surface area contributed by atoms with Crippen LogP contribution in [-0.2, 0) is 0 Å². The number of benzene rings is 1. The normalized spacial score (nSPS) is 11.3. The van der Waals surface area contributed by atoms with Crippen LogP contribution in [0.3, 0.4) is 0 Å². The van der Waals surface area contributed by atoms with E-state index in [1.165, 1.54) is 109 Å². The third kappa shape index (κ3) is 11.2. The summed E-state index contributed by atoms with van der Waals surface area (Å²) in [6.45, 7) is 2.94. The molecule has 1 aromatic heterocycles. The summed E-state index contributed by atoms with van der Waals surface area (Å²) in [6, 6.07) is 7.47. The number of H-pyrrole nitrogens is 1. The van der Waals surface area contributed by atoms with Crippen LogP contribution in [0.1, 0.15) is 122 Å². The molecule has 0 unspecified atom stereocenters. The molecule has 0 bridgehead atoms. The van der Waals surface area contributed by atoms with Crippen molar-refractivity contribution in [1.82, 2.24) is 10.2 Å². The molecule has 0 aliphatic heterocycles. The van der Waals surface area contributed by atoms with Gasteiger partial charge in [-0.15, -0.1) is 5.10 Å². The monoisotopic (exact) mass is 442 g/mol. The first-order valence-corrected chi connectivity index (χ1v) is 13.4. The maximum atomic E-state index is 11.8. The number of ether oxygens (including phenoxy) is 1. The van der Waals surface area contributed by atoms with Crippen molar-refractivity contribution in [1.29, 1.82) is 0 Å². The van der Waals surface area contributed by atoms with Gasteiger partial charge in [0.25, 0.3) is 5.56 Å². The van der Waals surface area contributed by atoms with Crippen LogP contribution in [0.4, 0.5) is 0 Å². The standard InChI is InChI=1S/C28H46N2O2/c1-2-3-4-5-6-7-8-9-10-11-12-13-14-15-16-17-18-21-24-32-28-26-23-20-19-22-25(26)27(31)29-30-28/h19-20,22-23H,2-18,21,24H2,1H3,(H,29,31). The van der Waals surface area contributed by atoms with Crippen LogP contribution in [0.25, 0.3) is 10.8 Å². The van der Waals surface area contributed by atoms with Gasteiger partial charge in [-0.05, 0) is 18.6 Å². The van der Waals surface area contributed by atoms with Crippen LogP contribution < -0.4 is 10.3 Å². The molecule has 180 valence electrons. The summed E-state index contributed by atoms with van der Waals surface area (Å²) in [5.74, 6) is 0.534. The van der Waals surface area contributed by atoms with E-state index in [0.29, 0.717) is 17.9 Å². The molecule has 0 radical (unpaired) electrons. The van der Waals surface area contributed by atoms with Crippen molar-refractivity contribution in [3.05, 3.63) is 34.6 Å². The van der Waals surface area contributed by atoms with E-state index in [9.17, 15) is 4.79 Å². The molecule has 0 amide bonds. The van der Waals surface area contributed by atoms with Crippen LogP contribution >= 0.6 is 0 Å². The van der Waals surface area contributed by atoms with Crippen molar-refractivity contribution >= 4 is 10.8 Å². The van der Waals surface area contributed by atoms with Crippen LogP contribution in [0.5, 0.6) is 5.88 Å². The highest BCUT2D eigenvalue weighted by atomic mass is 16.5. The molecule has 1 aromatic carbocycles. The number of hydrogen-bond donors (Lipinski definition) is 1. The first-order chi connectivity index (χ1) is 15.8. The lowest BCUT2D eigenvalue weighted by Crippen LogP contribution is -2.10. The Morgan fingerprint density at radius 2 is 1.09 bits per heavy atom. The second-order valence-electron chi connectivity index (χ2n) is 9.26. The van der Waals surface area contributed by atoms with Crippen molar-refractivity contribution < 1.29 is 4.74 Å². The third-order valence-electron chi connectivity index (χ3n) is 6.40. The van der Waals surface area contributed by atoms with Crippen molar-refractivity contribution in [3.63, 3.8) is 0 Å². The molecule has 0 spiro atoms. The molecule has 0 aliphatic carbocycles. The number of aromatic nitrogens is 2. The van der Waals surface area contributed by atoms with Crippen LogP contribution in [-0.4, -0.2) is 16.8 Å². The van der Waals surface area contributed by atoms with Gasteiger partial charge in [0.15, 0.2) is 0 Å². The van der Waals surface area contributed by atoms with Gasteiger partial charge >= 0.3 is 0 Å². The Hall–Kier alpha value is -1.84. The van der Waals surface area contributed by atoms with E-state index in [1.54, 1.807) is 6.07 Å². The van der Waals surface area contributed by atoms with E-state index in [2.05, 4.69) is 17.1 Å². The highest BCUT2D eigenvalue weighted by Crippen LogP contribution is 2.19. The Balaban J connectivity index is 1.35. The molecule has 2 aromatic rings. The lowest BCUT2D eigenvalue weighted by molar-refractivity contribution is 0.293. The van der Waals surface area contributed by atoms with Crippen molar-refractivity contribution in [2.75, 3.05) is 6.61 Å². The van der Waals surface area contributed by atoms with E-state index in [4.69, 9.17) is 4.74 Å². The number of rotatable bonds is 20. The highest BCUT2D eigenvalue weighted by molar-refractivity contribution is 5.85. The molecule has 4 heteroatoms. The number of aromatic amines is 1.